The van der Waals surface area contributed by atoms with Gasteiger partial charge in [0.2, 0.25) is 11.8 Å². The van der Waals surface area contributed by atoms with Crippen LogP contribution in [0.3, 0.4) is 0 Å². The van der Waals surface area contributed by atoms with Gasteiger partial charge >= 0.3 is 0 Å². The molecule has 0 saturated carbocycles. The molecule has 0 fully saturated rings. The van der Waals surface area contributed by atoms with Crippen LogP contribution in [0.2, 0.25) is 5.02 Å². The highest BCUT2D eigenvalue weighted by atomic mass is 35.5. The number of hydrogen-bond acceptors (Lipinski definition) is 4. The van der Waals surface area contributed by atoms with Crippen molar-refractivity contribution in [1.29, 1.82) is 0 Å². The molecule has 144 valence electrons. The molecule has 2 amide bonds. The van der Waals surface area contributed by atoms with E-state index in [1.807, 2.05) is 24.3 Å². The summed E-state index contributed by atoms with van der Waals surface area (Å²) in [5, 5.41) is 6.34. The van der Waals surface area contributed by atoms with E-state index in [2.05, 4.69) is 10.6 Å². The van der Waals surface area contributed by atoms with Crippen LogP contribution in [0, 0.1) is 0 Å². The van der Waals surface area contributed by atoms with Gasteiger partial charge < -0.3 is 20.3 Å². The molecule has 2 N–H and O–H groups in total. The van der Waals surface area contributed by atoms with E-state index in [9.17, 15) is 9.59 Å². The van der Waals surface area contributed by atoms with Crippen LogP contribution in [-0.4, -0.2) is 44.5 Å². The Balaban J connectivity index is 1.87. The highest BCUT2D eigenvalue weighted by Gasteiger charge is 2.07. The summed E-state index contributed by atoms with van der Waals surface area (Å²) in [5.74, 6) is 0.478. The molecule has 0 aliphatic carbocycles. The Hall–Kier alpha value is -2.73. The summed E-state index contributed by atoms with van der Waals surface area (Å²) >= 11 is 6.07. The van der Waals surface area contributed by atoms with E-state index < -0.39 is 0 Å². The number of amides is 2. The number of rotatable bonds is 8. The van der Waals surface area contributed by atoms with Crippen LogP contribution in [0.1, 0.15) is 12.0 Å². The molecule has 0 aromatic heterocycles. The third kappa shape index (κ3) is 6.49. The number of methoxy groups -OCH3 is 1. The summed E-state index contributed by atoms with van der Waals surface area (Å²) in [6.45, 7) is 0.103. The fourth-order valence-corrected chi connectivity index (χ4v) is 2.70. The van der Waals surface area contributed by atoms with Gasteiger partial charge in [0, 0.05) is 31.9 Å². The van der Waals surface area contributed by atoms with Crippen molar-refractivity contribution < 1.29 is 14.3 Å². The molecule has 0 aliphatic heterocycles. The quantitative estimate of drug-likeness (QED) is 0.725. The van der Waals surface area contributed by atoms with Crippen molar-refractivity contribution in [3.63, 3.8) is 0 Å². The molecular formula is C20H24ClN3O3. The van der Waals surface area contributed by atoms with Crippen LogP contribution in [0.15, 0.2) is 42.5 Å². The number of carbonyl (C=O) groups excluding carboxylic acids is 2. The SMILES string of the molecule is COc1ccc(NCC(=O)Nc2cccc(CCC(=O)N(C)C)c2)cc1Cl. The van der Waals surface area contributed by atoms with Crippen LogP contribution in [0.5, 0.6) is 5.75 Å². The number of hydrogen-bond donors (Lipinski definition) is 2. The van der Waals surface area contributed by atoms with Gasteiger partial charge in [0.05, 0.1) is 18.7 Å². The third-order valence-corrected chi connectivity index (χ3v) is 4.24. The molecule has 0 heterocycles. The maximum absolute atomic E-state index is 12.2. The van der Waals surface area contributed by atoms with Crippen molar-refractivity contribution in [2.75, 3.05) is 38.4 Å². The lowest BCUT2D eigenvalue weighted by atomic mass is 10.1. The number of halogens is 1. The molecule has 2 aromatic carbocycles. The maximum Gasteiger partial charge on any atom is 0.243 e. The smallest absolute Gasteiger partial charge is 0.243 e. The van der Waals surface area contributed by atoms with Crippen molar-refractivity contribution in [1.82, 2.24) is 4.90 Å². The van der Waals surface area contributed by atoms with Crippen LogP contribution < -0.4 is 15.4 Å². The van der Waals surface area contributed by atoms with Crippen LogP contribution in [0.4, 0.5) is 11.4 Å². The van der Waals surface area contributed by atoms with Crippen molar-refractivity contribution in [3.05, 3.63) is 53.1 Å². The summed E-state index contributed by atoms with van der Waals surface area (Å²) < 4.78 is 5.10. The van der Waals surface area contributed by atoms with Gasteiger partial charge in [-0.25, -0.2) is 0 Å². The number of anilines is 2. The topological polar surface area (TPSA) is 70.7 Å². The average Bonchev–Trinajstić information content (AvgIpc) is 2.64. The monoisotopic (exact) mass is 389 g/mol. The summed E-state index contributed by atoms with van der Waals surface area (Å²) in [4.78, 5) is 25.4. The number of nitrogens with one attached hydrogen (secondary N) is 2. The van der Waals surface area contributed by atoms with Gasteiger partial charge in [-0.05, 0) is 42.3 Å². The molecule has 0 unspecified atom stereocenters. The van der Waals surface area contributed by atoms with Crippen LogP contribution in [0.25, 0.3) is 0 Å². The highest BCUT2D eigenvalue weighted by molar-refractivity contribution is 6.32. The van der Waals surface area contributed by atoms with Gasteiger partial charge in [0.25, 0.3) is 0 Å². The standard InChI is InChI=1S/C20H24ClN3O3/c1-24(2)20(26)10-7-14-5-4-6-16(11-14)23-19(25)13-22-15-8-9-18(27-3)17(21)12-15/h4-6,8-9,11-12,22H,7,10,13H2,1-3H3,(H,23,25). The normalized spacial score (nSPS) is 10.2. The van der Waals surface area contributed by atoms with E-state index in [0.717, 1.165) is 11.3 Å². The Morgan fingerprint density at radius 1 is 1.11 bits per heavy atom. The van der Waals surface area contributed by atoms with E-state index in [-0.39, 0.29) is 18.4 Å². The van der Waals surface area contributed by atoms with E-state index in [0.29, 0.717) is 29.3 Å². The lowest BCUT2D eigenvalue weighted by Gasteiger charge is -2.11. The number of ether oxygens (including phenoxy) is 1. The number of benzene rings is 2. The van der Waals surface area contributed by atoms with Crippen molar-refractivity contribution in [2.24, 2.45) is 0 Å². The van der Waals surface area contributed by atoms with Gasteiger partial charge in [0.1, 0.15) is 5.75 Å². The molecule has 6 nitrogen and oxygen atoms in total. The zero-order valence-electron chi connectivity index (χ0n) is 15.7. The van der Waals surface area contributed by atoms with E-state index in [4.69, 9.17) is 16.3 Å². The summed E-state index contributed by atoms with van der Waals surface area (Å²) in [7, 11) is 5.02. The Kier molecular flexibility index (Phi) is 7.49. The second-order valence-corrected chi connectivity index (χ2v) is 6.65. The lowest BCUT2D eigenvalue weighted by molar-refractivity contribution is -0.128. The maximum atomic E-state index is 12.2. The minimum absolute atomic E-state index is 0.0757. The molecular weight excluding hydrogens is 366 g/mol. The molecule has 0 aliphatic rings. The predicted molar refractivity (Wildman–Crippen MR) is 109 cm³/mol. The predicted octanol–water partition coefficient (Wildman–Crippen LogP) is 3.42. The molecule has 0 bridgehead atoms. The van der Waals surface area contributed by atoms with Crippen LogP contribution in [-0.2, 0) is 16.0 Å². The first-order valence-corrected chi connectivity index (χ1v) is 8.93. The second-order valence-electron chi connectivity index (χ2n) is 6.24. The van der Waals surface area contributed by atoms with Gasteiger partial charge in [-0.15, -0.1) is 0 Å². The Morgan fingerprint density at radius 3 is 2.56 bits per heavy atom. The minimum atomic E-state index is -0.177. The van der Waals surface area contributed by atoms with E-state index >= 15 is 0 Å². The summed E-state index contributed by atoms with van der Waals surface area (Å²) in [6.07, 6.45) is 1.06. The van der Waals surface area contributed by atoms with Gasteiger partial charge in [0.15, 0.2) is 0 Å². The summed E-state index contributed by atoms with van der Waals surface area (Å²) in [5.41, 5.74) is 2.43. The molecule has 7 heteroatoms. The average molecular weight is 390 g/mol. The first kappa shape index (κ1) is 20.6. The van der Waals surface area contributed by atoms with Crippen LogP contribution >= 0.6 is 11.6 Å². The van der Waals surface area contributed by atoms with E-state index in [1.165, 1.54) is 0 Å². The zero-order valence-corrected chi connectivity index (χ0v) is 16.5. The fraction of sp³-hybridized carbons (Fsp3) is 0.300. The molecule has 2 rings (SSSR count). The third-order valence-electron chi connectivity index (χ3n) is 3.94. The second kappa shape index (κ2) is 9.83. The largest absolute Gasteiger partial charge is 0.495 e. The molecule has 2 aromatic rings. The Morgan fingerprint density at radius 2 is 1.89 bits per heavy atom. The summed E-state index contributed by atoms with van der Waals surface area (Å²) in [6, 6.07) is 12.7. The van der Waals surface area contributed by atoms with Crippen molar-refractivity contribution >= 4 is 34.8 Å². The molecule has 0 spiro atoms. The molecule has 0 radical (unpaired) electrons. The molecule has 0 atom stereocenters. The molecule has 27 heavy (non-hydrogen) atoms. The first-order valence-electron chi connectivity index (χ1n) is 8.55. The number of nitrogens with zero attached hydrogens (tertiary/aromatic N) is 1. The van der Waals surface area contributed by atoms with E-state index in [1.54, 1.807) is 44.3 Å². The lowest BCUT2D eigenvalue weighted by Crippen LogP contribution is -2.22. The fourth-order valence-electron chi connectivity index (χ4n) is 2.44. The molecule has 0 saturated heterocycles. The van der Waals surface area contributed by atoms with Gasteiger partial charge in [-0.1, -0.05) is 23.7 Å². The number of aryl methyl sites for hydroxylation is 1. The van der Waals surface area contributed by atoms with Gasteiger partial charge in [-0.3, -0.25) is 9.59 Å². The minimum Gasteiger partial charge on any atom is -0.495 e. The Bertz CT molecular complexity index is 809. The Labute approximate surface area is 164 Å². The zero-order chi connectivity index (χ0) is 19.8. The first-order chi connectivity index (χ1) is 12.9. The highest BCUT2D eigenvalue weighted by Crippen LogP contribution is 2.27. The number of carbonyl (C=O) groups is 2. The van der Waals surface area contributed by atoms with Crippen molar-refractivity contribution in [3.8, 4) is 5.75 Å². The van der Waals surface area contributed by atoms with Crippen molar-refractivity contribution in [2.45, 2.75) is 12.8 Å². The van der Waals surface area contributed by atoms with Gasteiger partial charge in [-0.2, -0.15) is 0 Å².